The van der Waals surface area contributed by atoms with Gasteiger partial charge >= 0.3 is 0 Å². The molecule has 38 heavy (non-hydrogen) atoms. The Morgan fingerprint density at radius 1 is 0.921 bits per heavy atom. The SMILES string of the molecule is COc1ccc(N2C(=O)[C@H]3[C@H](C(C)C)N[C@@]4(c5ccccc5-n5c4nc4ccccc4c5=O)[C@H]3C2=O)cc1. The highest BCUT2D eigenvalue weighted by Crippen LogP contribution is 2.56. The van der Waals surface area contributed by atoms with E-state index < -0.39 is 17.4 Å². The summed E-state index contributed by atoms with van der Waals surface area (Å²) >= 11 is 0. The van der Waals surface area contributed by atoms with Gasteiger partial charge in [-0.3, -0.25) is 24.3 Å². The molecule has 0 radical (unpaired) electrons. The van der Waals surface area contributed by atoms with Crippen LogP contribution in [0.25, 0.3) is 16.6 Å². The summed E-state index contributed by atoms with van der Waals surface area (Å²) in [5.41, 5.74) is 1.22. The highest BCUT2D eigenvalue weighted by atomic mass is 16.5. The van der Waals surface area contributed by atoms with Gasteiger partial charge in [-0.25, -0.2) is 9.88 Å². The molecule has 3 aromatic carbocycles. The second-order valence-electron chi connectivity index (χ2n) is 10.5. The van der Waals surface area contributed by atoms with Gasteiger partial charge in [0.1, 0.15) is 17.1 Å². The summed E-state index contributed by atoms with van der Waals surface area (Å²) in [6, 6.07) is 21.5. The fourth-order valence-electron chi connectivity index (χ4n) is 6.71. The first kappa shape index (κ1) is 22.9. The van der Waals surface area contributed by atoms with Crippen LogP contribution in [0.3, 0.4) is 0 Å². The first-order valence-corrected chi connectivity index (χ1v) is 12.8. The molecule has 4 heterocycles. The normalized spacial score (nSPS) is 25.4. The first-order valence-electron chi connectivity index (χ1n) is 12.8. The van der Waals surface area contributed by atoms with Gasteiger partial charge in [-0.15, -0.1) is 0 Å². The van der Waals surface area contributed by atoms with Crippen LogP contribution < -0.4 is 20.5 Å². The van der Waals surface area contributed by atoms with Crippen LogP contribution in [0.5, 0.6) is 5.75 Å². The molecule has 1 spiro atoms. The van der Waals surface area contributed by atoms with E-state index in [0.717, 1.165) is 5.56 Å². The summed E-state index contributed by atoms with van der Waals surface area (Å²) in [7, 11) is 1.57. The minimum atomic E-state index is -1.13. The number of benzene rings is 3. The highest BCUT2D eigenvalue weighted by Gasteiger charge is 2.70. The molecule has 7 rings (SSSR count). The minimum absolute atomic E-state index is 0.0443. The molecule has 0 saturated carbocycles. The van der Waals surface area contributed by atoms with Crippen molar-refractivity contribution in [3.05, 3.63) is 94.5 Å². The van der Waals surface area contributed by atoms with Gasteiger partial charge in [0.2, 0.25) is 11.8 Å². The van der Waals surface area contributed by atoms with E-state index in [1.165, 1.54) is 4.90 Å². The van der Waals surface area contributed by atoms with Crippen LogP contribution in [0.4, 0.5) is 5.69 Å². The number of imide groups is 1. The zero-order valence-electron chi connectivity index (χ0n) is 21.2. The quantitative estimate of drug-likeness (QED) is 0.428. The topological polar surface area (TPSA) is 93.5 Å². The molecule has 0 unspecified atom stereocenters. The predicted octanol–water partition coefficient (Wildman–Crippen LogP) is 3.38. The van der Waals surface area contributed by atoms with Gasteiger partial charge in [-0.05, 0) is 48.4 Å². The van der Waals surface area contributed by atoms with Gasteiger partial charge in [0, 0.05) is 11.6 Å². The van der Waals surface area contributed by atoms with Crippen molar-refractivity contribution >= 4 is 28.4 Å². The Balaban J connectivity index is 1.51. The monoisotopic (exact) mass is 506 g/mol. The number of hydrogen-bond donors (Lipinski definition) is 1. The van der Waals surface area contributed by atoms with E-state index in [1.807, 2.05) is 56.3 Å². The predicted molar refractivity (Wildman–Crippen MR) is 142 cm³/mol. The van der Waals surface area contributed by atoms with Crippen LogP contribution in [-0.4, -0.2) is 34.5 Å². The van der Waals surface area contributed by atoms with Crippen LogP contribution in [0.2, 0.25) is 0 Å². The smallest absolute Gasteiger partial charge is 0.266 e. The maximum atomic E-state index is 14.4. The molecule has 4 atom stereocenters. The van der Waals surface area contributed by atoms with Gasteiger partial charge in [0.15, 0.2) is 0 Å². The van der Waals surface area contributed by atoms with Crippen molar-refractivity contribution in [2.24, 2.45) is 17.8 Å². The third kappa shape index (κ3) is 2.73. The number of nitrogens with zero attached hydrogens (tertiary/aromatic N) is 3. The summed E-state index contributed by atoms with van der Waals surface area (Å²) < 4.78 is 6.89. The largest absolute Gasteiger partial charge is 0.497 e. The Bertz CT molecular complexity index is 1710. The number of hydrogen-bond acceptors (Lipinski definition) is 6. The van der Waals surface area contributed by atoms with Gasteiger partial charge in [-0.1, -0.05) is 44.2 Å². The third-order valence-corrected chi connectivity index (χ3v) is 8.35. The van der Waals surface area contributed by atoms with Crippen LogP contribution in [0, 0.1) is 17.8 Å². The number of nitrogens with one attached hydrogen (secondary N) is 1. The number of carbonyl (C=O) groups is 2. The van der Waals surface area contributed by atoms with Gasteiger partial charge in [0.05, 0.1) is 41.2 Å². The van der Waals surface area contributed by atoms with Crippen molar-refractivity contribution < 1.29 is 14.3 Å². The molecule has 0 bridgehead atoms. The van der Waals surface area contributed by atoms with Gasteiger partial charge in [0.25, 0.3) is 5.56 Å². The number of methoxy groups -OCH3 is 1. The fourth-order valence-corrected chi connectivity index (χ4v) is 6.71. The van der Waals surface area contributed by atoms with E-state index in [2.05, 4.69) is 5.32 Å². The number of anilines is 1. The maximum Gasteiger partial charge on any atom is 0.266 e. The van der Waals surface area contributed by atoms with Crippen molar-refractivity contribution in [2.75, 3.05) is 12.0 Å². The molecule has 2 amide bonds. The Labute approximate surface area is 218 Å². The number of ether oxygens (including phenoxy) is 1. The van der Waals surface area contributed by atoms with Crippen molar-refractivity contribution in [3.63, 3.8) is 0 Å². The molecule has 2 saturated heterocycles. The summed E-state index contributed by atoms with van der Waals surface area (Å²) in [5.74, 6) is -0.791. The van der Waals surface area contributed by atoms with Crippen LogP contribution in [0.1, 0.15) is 25.2 Å². The lowest BCUT2D eigenvalue weighted by Gasteiger charge is -2.32. The van der Waals surface area contributed by atoms with Crippen molar-refractivity contribution in [1.29, 1.82) is 0 Å². The lowest BCUT2D eigenvalue weighted by atomic mass is 9.75. The Morgan fingerprint density at radius 3 is 2.37 bits per heavy atom. The molecule has 4 aromatic rings. The molecule has 190 valence electrons. The molecule has 1 aromatic heterocycles. The van der Waals surface area contributed by atoms with E-state index in [-0.39, 0.29) is 29.3 Å². The van der Waals surface area contributed by atoms with Crippen LogP contribution in [0.15, 0.2) is 77.6 Å². The summed E-state index contributed by atoms with van der Waals surface area (Å²) in [6.07, 6.45) is 0. The highest BCUT2D eigenvalue weighted by molar-refractivity contribution is 6.23. The molecular formula is C30H26N4O4. The van der Waals surface area contributed by atoms with E-state index in [0.29, 0.717) is 33.9 Å². The number of aromatic nitrogens is 2. The van der Waals surface area contributed by atoms with Crippen molar-refractivity contribution in [3.8, 4) is 11.4 Å². The second-order valence-corrected chi connectivity index (χ2v) is 10.5. The van der Waals surface area contributed by atoms with Crippen molar-refractivity contribution in [2.45, 2.75) is 25.4 Å². The van der Waals surface area contributed by atoms with Crippen LogP contribution >= 0.6 is 0 Å². The molecule has 3 aliphatic heterocycles. The summed E-state index contributed by atoms with van der Waals surface area (Å²) in [6.45, 7) is 4.09. The van der Waals surface area contributed by atoms with Crippen LogP contribution in [-0.2, 0) is 15.1 Å². The van der Waals surface area contributed by atoms with Crippen molar-refractivity contribution in [1.82, 2.24) is 14.9 Å². The lowest BCUT2D eigenvalue weighted by molar-refractivity contribution is -0.123. The zero-order valence-corrected chi connectivity index (χ0v) is 21.2. The van der Waals surface area contributed by atoms with E-state index in [4.69, 9.17) is 9.72 Å². The molecule has 1 N–H and O–H groups in total. The summed E-state index contributed by atoms with van der Waals surface area (Å²) in [4.78, 5) is 48.6. The lowest BCUT2D eigenvalue weighted by Crippen LogP contribution is -2.51. The molecule has 0 aliphatic carbocycles. The minimum Gasteiger partial charge on any atom is -0.497 e. The average molecular weight is 507 g/mol. The van der Waals surface area contributed by atoms with E-state index in [1.54, 1.807) is 42.0 Å². The van der Waals surface area contributed by atoms with E-state index in [9.17, 15) is 14.4 Å². The molecule has 8 nitrogen and oxygen atoms in total. The zero-order chi connectivity index (χ0) is 26.3. The Kier molecular flexibility index (Phi) is 4.72. The maximum absolute atomic E-state index is 14.4. The summed E-state index contributed by atoms with van der Waals surface area (Å²) in [5, 5.41) is 4.22. The standard InChI is InChI=1S/C30H26N4O4/c1-16(2)25-23-24(28(37)33(27(23)36)17-12-14-18(38-3)15-13-17)30(32-25)20-9-5-7-11-22(20)34-26(35)19-8-4-6-10-21(19)31-29(30)34/h4-16,23-25,32H,1-3H3/t23-,24-,25+,30+/m1/s1. The Morgan fingerprint density at radius 2 is 1.63 bits per heavy atom. The number of rotatable bonds is 3. The molecule has 3 aliphatic rings. The molecular weight excluding hydrogens is 480 g/mol. The second kappa shape index (κ2) is 7.85. The first-order chi connectivity index (χ1) is 18.4. The fraction of sp³-hybridized carbons (Fsp3) is 0.267. The Hall–Kier alpha value is -4.30. The van der Waals surface area contributed by atoms with E-state index >= 15 is 0 Å². The van der Waals surface area contributed by atoms with Gasteiger partial charge < -0.3 is 4.74 Å². The number of carbonyl (C=O) groups excluding carboxylic acids is 2. The average Bonchev–Trinajstić information content (AvgIpc) is 3.53. The number of fused-ring (bicyclic) bond motifs is 8. The number of amides is 2. The third-order valence-electron chi connectivity index (χ3n) is 8.35. The number of para-hydroxylation sites is 2. The molecule has 2 fully saturated rings. The van der Waals surface area contributed by atoms with Gasteiger partial charge in [-0.2, -0.15) is 0 Å². The molecule has 8 heteroatoms.